The van der Waals surface area contributed by atoms with Gasteiger partial charge in [0.05, 0.1) is 0 Å². The average Bonchev–Trinajstić information content (AvgIpc) is 3.12. The molecule has 3 aromatic rings. The number of amides is 1. The predicted molar refractivity (Wildman–Crippen MR) is 78.8 cm³/mol. The Kier molecular flexibility index (Phi) is 3.88. The number of halogens is 1. The summed E-state index contributed by atoms with van der Waals surface area (Å²) >= 11 is 0. The zero-order valence-corrected chi connectivity index (χ0v) is 12.6. The quantitative estimate of drug-likeness (QED) is 0.794. The molecule has 0 saturated carbocycles. The minimum Gasteiger partial charge on any atom is -0.347 e. The number of aromatic nitrogens is 4. The molecule has 3 rings (SSSR count). The molecular formula is C15H14FN5O2. The van der Waals surface area contributed by atoms with Crippen LogP contribution in [0.3, 0.4) is 0 Å². The van der Waals surface area contributed by atoms with Gasteiger partial charge in [-0.25, -0.2) is 4.68 Å². The maximum atomic E-state index is 13.2. The molecule has 0 fully saturated rings. The fourth-order valence-electron chi connectivity index (χ4n) is 2.02. The van der Waals surface area contributed by atoms with Gasteiger partial charge in [-0.15, -0.1) is 0 Å². The number of nitrogens with zero attached hydrogens (tertiary/aromatic N) is 4. The van der Waals surface area contributed by atoms with Crippen LogP contribution in [0.5, 0.6) is 0 Å². The van der Waals surface area contributed by atoms with Crippen LogP contribution in [0.1, 0.15) is 21.9 Å². The molecule has 0 aliphatic rings. The predicted octanol–water partition coefficient (Wildman–Crippen LogP) is 1.85. The summed E-state index contributed by atoms with van der Waals surface area (Å²) in [7, 11) is 1.44. The summed E-state index contributed by atoms with van der Waals surface area (Å²) in [5.41, 5.74) is 1.76. The van der Waals surface area contributed by atoms with Crippen molar-refractivity contribution in [2.24, 2.45) is 7.05 Å². The molecule has 1 amide bonds. The highest BCUT2D eigenvalue weighted by Crippen LogP contribution is 2.16. The van der Waals surface area contributed by atoms with E-state index in [2.05, 4.69) is 20.6 Å². The van der Waals surface area contributed by atoms with Crippen LogP contribution in [0.2, 0.25) is 0 Å². The molecule has 0 unspecified atom stereocenters. The largest absolute Gasteiger partial charge is 0.347 e. The number of carbonyl (C=O) groups excluding carboxylic acids is 1. The van der Waals surface area contributed by atoms with Gasteiger partial charge in [0.15, 0.2) is 5.69 Å². The van der Waals surface area contributed by atoms with Crippen molar-refractivity contribution < 1.29 is 13.7 Å². The molecule has 0 aliphatic heterocycles. The van der Waals surface area contributed by atoms with Gasteiger partial charge in [0.1, 0.15) is 0 Å². The van der Waals surface area contributed by atoms with E-state index < -0.39 is 11.9 Å². The first-order valence-corrected chi connectivity index (χ1v) is 6.90. The second-order valence-electron chi connectivity index (χ2n) is 4.99. The molecule has 0 aliphatic carbocycles. The molecule has 0 saturated heterocycles. The Hall–Kier alpha value is -3.03. The summed E-state index contributed by atoms with van der Waals surface area (Å²) < 4.78 is 19.1. The van der Waals surface area contributed by atoms with E-state index in [9.17, 15) is 9.18 Å². The molecular weight excluding hydrogens is 301 g/mol. The first kappa shape index (κ1) is 14.9. The van der Waals surface area contributed by atoms with E-state index in [1.165, 1.54) is 7.05 Å². The van der Waals surface area contributed by atoms with Gasteiger partial charge < -0.3 is 9.84 Å². The van der Waals surface area contributed by atoms with Crippen molar-refractivity contribution in [2.75, 3.05) is 0 Å². The van der Waals surface area contributed by atoms with Crippen LogP contribution in [0.25, 0.3) is 11.4 Å². The molecule has 8 heteroatoms. The lowest BCUT2D eigenvalue weighted by molar-refractivity contribution is 0.0945. The van der Waals surface area contributed by atoms with Crippen molar-refractivity contribution in [2.45, 2.75) is 13.5 Å². The van der Waals surface area contributed by atoms with Crippen LogP contribution in [-0.2, 0) is 13.6 Å². The van der Waals surface area contributed by atoms with E-state index in [1.807, 2.05) is 24.3 Å². The molecule has 1 aromatic carbocycles. The Morgan fingerprint density at radius 2 is 2.09 bits per heavy atom. The third kappa shape index (κ3) is 3.25. The molecule has 2 aromatic heterocycles. The van der Waals surface area contributed by atoms with Gasteiger partial charge in [0, 0.05) is 32.1 Å². The van der Waals surface area contributed by atoms with Crippen molar-refractivity contribution >= 4 is 5.91 Å². The lowest BCUT2D eigenvalue weighted by Gasteiger charge is -2.04. The van der Waals surface area contributed by atoms with E-state index in [1.54, 1.807) is 6.92 Å². The Labute approximate surface area is 131 Å². The minimum absolute atomic E-state index is 0.0453. The van der Waals surface area contributed by atoms with Crippen molar-refractivity contribution in [3.63, 3.8) is 0 Å². The van der Waals surface area contributed by atoms with Gasteiger partial charge in [0.25, 0.3) is 5.91 Å². The van der Waals surface area contributed by atoms with Crippen LogP contribution in [0.4, 0.5) is 4.39 Å². The SMILES string of the molecule is Cc1nc(-c2ccc(CNC(=O)c3cc(F)n(C)n3)cc2)no1. The molecule has 0 atom stereocenters. The first-order valence-electron chi connectivity index (χ1n) is 6.90. The molecule has 0 radical (unpaired) electrons. The number of hydrogen-bond acceptors (Lipinski definition) is 5. The van der Waals surface area contributed by atoms with Gasteiger partial charge in [-0.2, -0.15) is 14.5 Å². The minimum atomic E-state index is -0.560. The first-order chi connectivity index (χ1) is 11.0. The monoisotopic (exact) mass is 315 g/mol. The molecule has 23 heavy (non-hydrogen) atoms. The zero-order chi connectivity index (χ0) is 16.4. The van der Waals surface area contributed by atoms with Crippen molar-refractivity contribution in [1.29, 1.82) is 0 Å². The highest BCUT2D eigenvalue weighted by molar-refractivity contribution is 5.92. The van der Waals surface area contributed by atoms with E-state index >= 15 is 0 Å². The number of rotatable bonds is 4. The smallest absolute Gasteiger partial charge is 0.272 e. The summed E-state index contributed by atoms with van der Waals surface area (Å²) in [5.74, 6) is 0.0262. The van der Waals surface area contributed by atoms with E-state index in [4.69, 9.17) is 4.52 Å². The Bertz CT molecular complexity index is 818. The maximum absolute atomic E-state index is 13.2. The van der Waals surface area contributed by atoms with Crippen molar-refractivity contribution in [1.82, 2.24) is 25.2 Å². The molecule has 1 N–H and O–H groups in total. The lowest BCUT2D eigenvalue weighted by atomic mass is 10.1. The highest BCUT2D eigenvalue weighted by atomic mass is 19.1. The van der Waals surface area contributed by atoms with Crippen LogP contribution in [0.15, 0.2) is 34.9 Å². The van der Waals surface area contributed by atoms with E-state index in [0.29, 0.717) is 18.3 Å². The van der Waals surface area contributed by atoms with Crippen LogP contribution in [0, 0.1) is 12.9 Å². The lowest BCUT2D eigenvalue weighted by Crippen LogP contribution is -2.23. The highest BCUT2D eigenvalue weighted by Gasteiger charge is 2.12. The van der Waals surface area contributed by atoms with Gasteiger partial charge >= 0.3 is 0 Å². The van der Waals surface area contributed by atoms with E-state index in [-0.39, 0.29) is 5.69 Å². The second-order valence-corrected chi connectivity index (χ2v) is 4.99. The summed E-state index contributed by atoms with van der Waals surface area (Å²) in [5, 5.41) is 10.3. The third-order valence-corrected chi connectivity index (χ3v) is 3.25. The van der Waals surface area contributed by atoms with Gasteiger partial charge in [-0.1, -0.05) is 29.4 Å². The summed E-state index contributed by atoms with van der Waals surface area (Å²) in [6, 6.07) is 8.47. The summed E-state index contributed by atoms with van der Waals surface area (Å²) in [6.45, 7) is 2.03. The number of aryl methyl sites for hydroxylation is 2. The van der Waals surface area contributed by atoms with Crippen LogP contribution >= 0.6 is 0 Å². The normalized spacial score (nSPS) is 10.7. The zero-order valence-electron chi connectivity index (χ0n) is 12.6. The third-order valence-electron chi connectivity index (χ3n) is 3.25. The number of carbonyl (C=O) groups is 1. The maximum Gasteiger partial charge on any atom is 0.272 e. The topological polar surface area (TPSA) is 85.8 Å². The van der Waals surface area contributed by atoms with Crippen molar-refractivity contribution in [3.05, 3.63) is 53.4 Å². The second kappa shape index (κ2) is 5.99. The number of nitrogens with one attached hydrogen (secondary N) is 1. The van der Waals surface area contributed by atoms with Gasteiger partial charge in [0.2, 0.25) is 17.7 Å². The molecule has 118 valence electrons. The van der Waals surface area contributed by atoms with Crippen LogP contribution in [-0.4, -0.2) is 25.8 Å². The molecule has 0 bridgehead atoms. The fraction of sp³-hybridized carbons (Fsp3) is 0.200. The van der Waals surface area contributed by atoms with Crippen LogP contribution < -0.4 is 5.32 Å². The Balaban J connectivity index is 1.63. The van der Waals surface area contributed by atoms with Gasteiger partial charge in [-0.3, -0.25) is 4.79 Å². The van der Waals surface area contributed by atoms with E-state index in [0.717, 1.165) is 21.9 Å². The Morgan fingerprint density at radius 3 is 2.65 bits per heavy atom. The van der Waals surface area contributed by atoms with Gasteiger partial charge in [-0.05, 0) is 5.56 Å². The number of benzene rings is 1. The Morgan fingerprint density at radius 1 is 1.35 bits per heavy atom. The summed E-state index contributed by atoms with van der Waals surface area (Å²) in [4.78, 5) is 16.0. The number of hydrogen-bond donors (Lipinski definition) is 1. The molecule has 2 heterocycles. The fourth-order valence-corrected chi connectivity index (χ4v) is 2.02. The molecule has 7 nitrogen and oxygen atoms in total. The summed E-state index contributed by atoms with van der Waals surface area (Å²) in [6.07, 6.45) is 0. The standard InChI is InChI=1S/C15H14FN5O2/c1-9-18-14(20-23-9)11-5-3-10(4-6-11)8-17-15(22)12-7-13(16)21(2)19-12/h3-7H,8H2,1-2H3,(H,17,22). The average molecular weight is 315 g/mol. The van der Waals surface area contributed by atoms with Crippen molar-refractivity contribution in [3.8, 4) is 11.4 Å². The molecule has 0 spiro atoms.